The highest BCUT2D eigenvalue weighted by molar-refractivity contribution is 6.05. The van der Waals surface area contributed by atoms with Crippen molar-refractivity contribution in [3.8, 4) is 11.5 Å². The number of phenolic OH excluding ortho intramolecular Hbond substituents is 2. The van der Waals surface area contributed by atoms with Crippen molar-refractivity contribution < 1.29 is 19.8 Å². The van der Waals surface area contributed by atoms with Crippen LogP contribution >= 0.6 is 0 Å². The third-order valence-corrected chi connectivity index (χ3v) is 5.25. The van der Waals surface area contributed by atoms with Gasteiger partial charge in [0.05, 0.1) is 6.21 Å². The van der Waals surface area contributed by atoms with Gasteiger partial charge in [0.1, 0.15) is 17.2 Å². The summed E-state index contributed by atoms with van der Waals surface area (Å²) in [7, 11) is 0. The molecule has 0 atom stereocenters. The zero-order valence-electron chi connectivity index (χ0n) is 19.6. The molecule has 180 valence electrons. The highest BCUT2D eigenvalue weighted by atomic mass is 16.3. The maximum atomic E-state index is 12.9. The second-order valence-electron chi connectivity index (χ2n) is 7.58. The number of phenols is 2. The molecule has 0 unspecified atom stereocenters. The summed E-state index contributed by atoms with van der Waals surface area (Å²) in [5.41, 5.74) is 4.85. The van der Waals surface area contributed by atoms with Crippen molar-refractivity contribution >= 4 is 29.8 Å². The quantitative estimate of drug-likeness (QED) is 0.215. The summed E-state index contributed by atoms with van der Waals surface area (Å²) in [5, 5.41) is 25.8. The molecule has 8 nitrogen and oxygen atoms in total. The molecule has 0 aliphatic carbocycles. The molecule has 0 heterocycles. The van der Waals surface area contributed by atoms with Gasteiger partial charge in [-0.05, 0) is 61.9 Å². The number of benzene rings is 3. The molecule has 0 saturated heterocycles. The zero-order chi connectivity index (χ0) is 25.2. The Bertz CT molecular complexity index is 1220. The summed E-state index contributed by atoms with van der Waals surface area (Å²) in [5.74, 6) is -1.36. The normalized spacial score (nSPS) is 11.3. The number of carbonyl (C=O) groups excluding carboxylic acids is 2. The first-order valence-corrected chi connectivity index (χ1v) is 11.2. The Kier molecular flexibility index (Phi) is 8.61. The predicted molar refractivity (Wildman–Crippen MR) is 137 cm³/mol. The summed E-state index contributed by atoms with van der Waals surface area (Å²) in [6.07, 6.45) is 2.80. The van der Waals surface area contributed by atoms with Crippen molar-refractivity contribution in [2.75, 3.05) is 18.0 Å². The molecule has 0 aromatic heterocycles. The fourth-order valence-electron chi connectivity index (χ4n) is 3.34. The van der Waals surface area contributed by atoms with E-state index in [1.54, 1.807) is 36.4 Å². The van der Waals surface area contributed by atoms with E-state index in [0.717, 1.165) is 30.4 Å². The lowest BCUT2D eigenvalue weighted by Gasteiger charge is -2.20. The average Bonchev–Trinajstić information content (AvgIpc) is 2.87. The number of nitrogens with zero attached hydrogens (tertiary/aromatic N) is 2. The predicted octanol–water partition coefficient (Wildman–Crippen LogP) is 3.87. The summed E-state index contributed by atoms with van der Waals surface area (Å²) >= 11 is 0. The number of carbonyl (C=O) groups is 2. The van der Waals surface area contributed by atoms with Crippen LogP contribution in [-0.2, 0) is 4.79 Å². The highest BCUT2D eigenvalue weighted by Crippen LogP contribution is 2.21. The van der Waals surface area contributed by atoms with Crippen molar-refractivity contribution in [2.24, 2.45) is 5.10 Å². The van der Waals surface area contributed by atoms with Gasteiger partial charge in [0.15, 0.2) is 0 Å². The van der Waals surface area contributed by atoms with Gasteiger partial charge in [-0.1, -0.05) is 30.3 Å². The van der Waals surface area contributed by atoms with Gasteiger partial charge >= 0.3 is 0 Å². The van der Waals surface area contributed by atoms with E-state index >= 15 is 0 Å². The SMILES string of the molecule is CCN(CC)c1ccc(/C=C(/NC(=O)c2ccccc2)C(=O)N/N=C/c2ccc(O)cc2O)cc1. The number of nitrogens with one attached hydrogen (secondary N) is 2. The molecule has 2 amide bonds. The van der Waals surface area contributed by atoms with Crippen LogP contribution in [0.3, 0.4) is 0 Å². The minimum atomic E-state index is -0.642. The van der Waals surface area contributed by atoms with Gasteiger partial charge in [-0.15, -0.1) is 0 Å². The number of anilines is 1. The molecule has 0 spiro atoms. The number of hydrogen-bond acceptors (Lipinski definition) is 6. The lowest BCUT2D eigenvalue weighted by Crippen LogP contribution is -2.32. The molecule has 3 aromatic rings. The van der Waals surface area contributed by atoms with Crippen LogP contribution in [0.1, 0.15) is 35.3 Å². The highest BCUT2D eigenvalue weighted by Gasteiger charge is 2.14. The van der Waals surface area contributed by atoms with E-state index in [0.29, 0.717) is 11.1 Å². The Hall–Kier alpha value is -4.59. The van der Waals surface area contributed by atoms with E-state index in [9.17, 15) is 19.8 Å². The molecule has 0 fully saturated rings. The van der Waals surface area contributed by atoms with Crippen LogP contribution in [0, 0.1) is 0 Å². The summed E-state index contributed by atoms with van der Waals surface area (Å²) in [4.78, 5) is 27.8. The fraction of sp³-hybridized carbons (Fsp3) is 0.148. The third kappa shape index (κ3) is 6.94. The molecular formula is C27H28N4O4. The van der Waals surface area contributed by atoms with Crippen molar-refractivity contribution in [3.05, 3.63) is 95.2 Å². The van der Waals surface area contributed by atoms with Crippen LogP contribution < -0.4 is 15.6 Å². The molecule has 35 heavy (non-hydrogen) atoms. The molecule has 0 saturated carbocycles. The second-order valence-corrected chi connectivity index (χ2v) is 7.58. The number of rotatable bonds is 9. The van der Waals surface area contributed by atoms with Crippen LogP contribution in [0.5, 0.6) is 11.5 Å². The van der Waals surface area contributed by atoms with E-state index in [2.05, 4.69) is 34.6 Å². The minimum Gasteiger partial charge on any atom is -0.508 e. The second kappa shape index (κ2) is 12.0. The van der Waals surface area contributed by atoms with Gasteiger partial charge in [-0.3, -0.25) is 9.59 Å². The molecule has 0 bridgehead atoms. The van der Waals surface area contributed by atoms with Crippen LogP contribution in [0.15, 0.2) is 83.6 Å². The smallest absolute Gasteiger partial charge is 0.287 e. The first-order valence-electron chi connectivity index (χ1n) is 11.2. The molecule has 0 aliphatic rings. The van der Waals surface area contributed by atoms with Crippen LogP contribution in [0.4, 0.5) is 5.69 Å². The van der Waals surface area contributed by atoms with Crippen molar-refractivity contribution in [1.82, 2.24) is 10.7 Å². The largest absolute Gasteiger partial charge is 0.508 e. The van der Waals surface area contributed by atoms with E-state index in [-0.39, 0.29) is 17.2 Å². The summed E-state index contributed by atoms with van der Waals surface area (Å²) < 4.78 is 0. The van der Waals surface area contributed by atoms with E-state index in [4.69, 9.17) is 0 Å². The lowest BCUT2D eigenvalue weighted by molar-refractivity contribution is -0.117. The zero-order valence-corrected chi connectivity index (χ0v) is 19.6. The fourth-order valence-corrected chi connectivity index (χ4v) is 3.34. The molecule has 8 heteroatoms. The first kappa shape index (κ1) is 25.0. The number of aromatic hydroxyl groups is 2. The van der Waals surface area contributed by atoms with Gasteiger partial charge < -0.3 is 20.4 Å². The Morgan fingerprint density at radius 2 is 1.63 bits per heavy atom. The maximum Gasteiger partial charge on any atom is 0.287 e. The van der Waals surface area contributed by atoms with Crippen molar-refractivity contribution in [3.63, 3.8) is 0 Å². The standard InChI is InChI=1S/C27H28N4O4/c1-3-31(4-2)22-13-10-19(11-14-22)16-24(29-26(34)20-8-6-5-7-9-20)27(35)30-28-18-21-12-15-23(32)17-25(21)33/h5-18,32-33H,3-4H2,1-2H3,(H,29,34)(H,30,35)/b24-16+,28-18+. The van der Waals surface area contributed by atoms with Crippen LogP contribution in [0.2, 0.25) is 0 Å². The molecule has 3 rings (SSSR count). The Morgan fingerprint density at radius 1 is 0.943 bits per heavy atom. The van der Waals surface area contributed by atoms with Crippen LogP contribution in [-0.4, -0.2) is 41.3 Å². The lowest BCUT2D eigenvalue weighted by atomic mass is 10.1. The van der Waals surface area contributed by atoms with E-state index < -0.39 is 11.8 Å². The van der Waals surface area contributed by atoms with Gasteiger partial charge in [0.2, 0.25) is 0 Å². The number of hydrogen-bond donors (Lipinski definition) is 4. The first-order chi connectivity index (χ1) is 16.9. The van der Waals surface area contributed by atoms with Crippen molar-refractivity contribution in [2.45, 2.75) is 13.8 Å². The average molecular weight is 473 g/mol. The van der Waals surface area contributed by atoms with Crippen LogP contribution in [0.25, 0.3) is 6.08 Å². The summed E-state index contributed by atoms with van der Waals surface area (Å²) in [6.45, 7) is 5.91. The monoisotopic (exact) mass is 472 g/mol. The van der Waals surface area contributed by atoms with E-state index in [1.165, 1.54) is 18.3 Å². The Morgan fingerprint density at radius 3 is 2.26 bits per heavy atom. The molecule has 0 aliphatic heterocycles. The topological polar surface area (TPSA) is 114 Å². The Balaban J connectivity index is 1.83. The molecule has 4 N–H and O–H groups in total. The Labute approximate surface area is 204 Å². The number of amides is 2. The third-order valence-electron chi connectivity index (χ3n) is 5.25. The molecular weight excluding hydrogens is 444 g/mol. The molecule has 0 radical (unpaired) electrons. The van der Waals surface area contributed by atoms with Gasteiger partial charge in [-0.2, -0.15) is 5.10 Å². The molecule has 3 aromatic carbocycles. The van der Waals surface area contributed by atoms with Gasteiger partial charge in [-0.25, -0.2) is 5.43 Å². The summed E-state index contributed by atoms with van der Waals surface area (Å²) in [6, 6.07) is 20.2. The van der Waals surface area contributed by atoms with Gasteiger partial charge in [0, 0.05) is 36.0 Å². The number of hydrazone groups is 1. The maximum absolute atomic E-state index is 12.9. The minimum absolute atomic E-state index is 0.00141. The van der Waals surface area contributed by atoms with Gasteiger partial charge in [0.25, 0.3) is 11.8 Å². The van der Waals surface area contributed by atoms with E-state index in [1.807, 2.05) is 24.3 Å². The van der Waals surface area contributed by atoms with Crippen molar-refractivity contribution in [1.29, 1.82) is 0 Å².